The van der Waals surface area contributed by atoms with E-state index in [1.165, 1.54) is 17.3 Å². The first-order valence-electron chi connectivity index (χ1n) is 10.4. The Kier molecular flexibility index (Phi) is 8.36. The molecule has 168 valence electrons. The molecule has 1 N–H and O–H groups in total. The Morgan fingerprint density at radius 3 is 2.56 bits per heavy atom. The maximum absolute atomic E-state index is 12.4. The lowest BCUT2D eigenvalue weighted by atomic mass is 10.0. The zero-order valence-electron chi connectivity index (χ0n) is 18.4. The minimum absolute atomic E-state index is 0.173. The first-order chi connectivity index (χ1) is 15.4. The van der Waals surface area contributed by atoms with Gasteiger partial charge in [-0.25, -0.2) is 0 Å². The molecule has 8 heteroatoms. The van der Waals surface area contributed by atoms with Crippen LogP contribution in [0.1, 0.15) is 44.2 Å². The van der Waals surface area contributed by atoms with Gasteiger partial charge in [0.05, 0.1) is 16.5 Å². The summed E-state index contributed by atoms with van der Waals surface area (Å²) in [7, 11) is 0. The van der Waals surface area contributed by atoms with Crippen LogP contribution in [-0.2, 0) is 11.3 Å². The number of carbonyl (C=O) groups is 1. The maximum atomic E-state index is 12.4. The molecule has 3 rings (SSSR count). The Balaban J connectivity index is 1.66. The highest BCUT2D eigenvalue weighted by Gasteiger charge is 2.20. The molecule has 1 amide bonds. The smallest absolute Gasteiger partial charge is 0.234 e. The van der Waals surface area contributed by atoms with E-state index in [9.17, 15) is 4.79 Å². The van der Waals surface area contributed by atoms with Gasteiger partial charge in [-0.3, -0.25) is 9.36 Å². The second-order valence-corrected chi connectivity index (χ2v) is 8.89. The van der Waals surface area contributed by atoms with Crippen LogP contribution >= 0.6 is 23.4 Å². The summed E-state index contributed by atoms with van der Waals surface area (Å²) in [6.07, 6.45) is 1.45. The fourth-order valence-electron chi connectivity index (χ4n) is 3.08. The number of nitrogens with zero attached hydrogens (tertiary/aromatic N) is 3. The highest BCUT2D eigenvalue weighted by atomic mass is 35.5. The van der Waals surface area contributed by atoms with Crippen molar-refractivity contribution < 1.29 is 9.53 Å². The molecule has 1 unspecified atom stereocenters. The molecular weight excluding hydrogens is 444 g/mol. The largest absolute Gasteiger partial charge is 0.483 e. The molecule has 0 saturated heterocycles. The summed E-state index contributed by atoms with van der Waals surface area (Å²) >= 11 is 7.41. The van der Waals surface area contributed by atoms with Crippen LogP contribution < -0.4 is 10.1 Å². The zero-order chi connectivity index (χ0) is 23.1. The molecule has 0 aliphatic heterocycles. The Hall–Kier alpha value is -2.77. The topological polar surface area (TPSA) is 69.0 Å². The molecule has 32 heavy (non-hydrogen) atoms. The van der Waals surface area contributed by atoms with Crippen LogP contribution in [0.5, 0.6) is 5.75 Å². The molecule has 0 aliphatic rings. The van der Waals surface area contributed by atoms with Crippen LogP contribution in [-0.4, -0.2) is 26.4 Å². The van der Waals surface area contributed by atoms with E-state index < -0.39 is 0 Å². The number of halogens is 1. The van der Waals surface area contributed by atoms with E-state index in [0.29, 0.717) is 34.2 Å². The Morgan fingerprint density at radius 2 is 1.91 bits per heavy atom. The number of hydrogen-bond acceptors (Lipinski definition) is 5. The van der Waals surface area contributed by atoms with Gasteiger partial charge < -0.3 is 10.1 Å². The normalized spacial score (nSPS) is 11.9. The second kappa shape index (κ2) is 11.2. The molecule has 1 heterocycles. The number of anilines is 1. The van der Waals surface area contributed by atoms with Gasteiger partial charge in [-0.15, -0.1) is 16.8 Å². The third kappa shape index (κ3) is 6.14. The Labute approximate surface area is 198 Å². The molecule has 0 spiro atoms. The minimum Gasteiger partial charge on any atom is -0.483 e. The fourth-order valence-corrected chi connectivity index (χ4v) is 4.01. The van der Waals surface area contributed by atoms with Crippen molar-refractivity contribution in [1.29, 1.82) is 0 Å². The van der Waals surface area contributed by atoms with E-state index in [-0.39, 0.29) is 17.8 Å². The van der Waals surface area contributed by atoms with Crippen molar-refractivity contribution in [3.05, 3.63) is 77.6 Å². The van der Waals surface area contributed by atoms with E-state index in [0.717, 1.165) is 5.75 Å². The van der Waals surface area contributed by atoms with Crippen molar-refractivity contribution in [2.45, 2.75) is 44.5 Å². The van der Waals surface area contributed by atoms with Crippen molar-refractivity contribution in [2.24, 2.45) is 0 Å². The third-order valence-electron chi connectivity index (χ3n) is 4.76. The van der Waals surface area contributed by atoms with Crippen LogP contribution in [0.2, 0.25) is 5.02 Å². The Morgan fingerprint density at radius 1 is 1.19 bits per heavy atom. The highest BCUT2D eigenvalue weighted by Crippen LogP contribution is 2.27. The number of ether oxygens (including phenoxy) is 1. The molecule has 1 atom stereocenters. The van der Waals surface area contributed by atoms with Crippen molar-refractivity contribution in [3.63, 3.8) is 0 Å². The number of rotatable bonds is 10. The van der Waals surface area contributed by atoms with Gasteiger partial charge in [0.15, 0.2) is 17.1 Å². The van der Waals surface area contributed by atoms with Gasteiger partial charge in [-0.05, 0) is 42.7 Å². The molecular formula is C24H27ClN4O2S. The van der Waals surface area contributed by atoms with E-state index >= 15 is 0 Å². The molecule has 0 radical (unpaired) electrons. The summed E-state index contributed by atoms with van der Waals surface area (Å²) in [5, 5.41) is 12.5. The zero-order valence-corrected chi connectivity index (χ0v) is 20.0. The quantitative estimate of drug-likeness (QED) is 0.286. The molecule has 3 aromatic rings. The lowest BCUT2D eigenvalue weighted by Crippen LogP contribution is -2.15. The lowest BCUT2D eigenvalue weighted by Gasteiger charge is -2.16. The first kappa shape index (κ1) is 23.9. The molecule has 6 nitrogen and oxygen atoms in total. The molecule has 0 aliphatic carbocycles. The first-order valence-corrected chi connectivity index (χ1v) is 11.7. The summed E-state index contributed by atoms with van der Waals surface area (Å²) in [6, 6.07) is 15.2. The number of amides is 1. The number of para-hydroxylation sites is 1. The summed E-state index contributed by atoms with van der Waals surface area (Å²) in [5.41, 5.74) is 1.84. The molecule has 0 bridgehead atoms. The van der Waals surface area contributed by atoms with Crippen LogP contribution in [0.15, 0.2) is 66.3 Å². The lowest BCUT2D eigenvalue weighted by molar-refractivity contribution is -0.113. The van der Waals surface area contributed by atoms with Crippen molar-refractivity contribution in [1.82, 2.24) is 14.8 Å². The van der Waals surface area contributed by atoms with Gasteiger partial charge in [0.25, 0.3) is 0 Å². The molecule has 0 fully saturated rings. The van der Waals surface area contributed by atoms with E-state index in [4.69, 9.17) is 16.3 Å². The summed E-state index contributed by atoms with van der Waals surface area (Å²) < 4.78 is 8.00. The molecule has 2 aromatic carbocycles. The monoisotopic (exact) mass is 470 g/mol. The van der Waals surface area contributed by atoms with Crippen molar-refractivity contribution >= 4 is 35.0 Å². The van der Waals surface area contributed by atoms with Crippen LogP contribution in [0.3, 0.4) is 0 Å². The third-order valence-corrected chi connectivity index (χ3v) is 6.06. The number of allylic oxidation sites excluding steroid dienone is 1. The number of carbonyl (C=O) groups excluding carboxylic acids is 1. The van der Waals surface area contributed by atoms with Crippen molar-refractivity contribution in [3.8, 4) is 5.75 Å². The summed E-state index contributed by atoms with van der Waals surface area (Å²) in [6.45, 7) is 10.6. The number of nitrogens with one attached hydrogen (secondary N) is 1. The van der Waals surface area contributed by atoms with Gasteiger partial charge in [-0.1, -0.05) is 67.6 Å². The molecule has 1 aromatic heterocycles. The highest BCUT2D eigenvalue weighted by molar-refractivity contribution is 7.99. The predicted octanol–water partition coefficient (Wildman–Crippen LogP) is 6.11. The number of benzene rings is 2. The van der Waals surface area contributed by atoms with Gasteiger partial charge in [0.1, 0.15) is 5.75 Å². The fraction of sp³-hybridized carbons (Fsp3) is 0.292. The van der Waals surface area contributed by atoms with E-state index in [1.54, 1.807) is 18.2 Å². The number of thioether (sulfide) groups is 1. The number of aromatic nitrogens is 3. The standard InChI is InChI=1S/C24H27ClN4O2S/c1-5-14-29-23(17(4)31-19-12-10-18(11-13-19)16(2)3)27-28-24(29)32-15-22(30)26-21-9-7-6-8-20(21)25/h5-13,16-17H,1,14-15H2,2-4H3,(H,26,30). The van der Waals surface area contributed by atoms with Gasteiger partial charge >= 0.3 is 0 Å². The maximum Gasteiger partial charge on any atom is 0.234 e. The van der Waals surface area contributed by atoms with E-state index in [2.05, 4.69) is 48.1 Å². The predicted molar refractivity (Wildman–Crippen MR) is 131 cm³/mol. The summed E-state index contributed by atoms with van der Waals surface area (Å²) in [5.74, 6) is 1.90. The van der Waals surface area contributed by atoms with E-state index in [1.807, 2.05) is 35.8 Å². The molecule has 0 saturated carbocycles. The van der Waals surface area contributed by atoms with Crippen molar-refractivity contribution in [2.75, 3.05) is 11.1 Å². The van der Waals surface area contributed by atoms with Crippen LogP contribution in [0, 0.1) is 0 Å². The summed E-state index contributed by atoms with van der Waals surface area (Å²) in [4.78, 5) is 12.4. The second-order valence-electron chi connectivity index (χ2n) is 7.54. The average molecular weight is 471 g/mol. The van der Waals surface area contributed by atoms with Gasteiger partial charge in [-0.2, -0.15) is 0 Å². The SMILES string of the molecule is C=CCn1c(SCC(=O)Nc2ccccc2Cl)nnc1C(C)Oc1ccc(C(C)C)cc1. The van der Waals surface area contributed by atoms with Crippen LogP contribution in [0.25, 0.3) is 0 Å². The van der Waals surface area contributed by atoms with Gasteiger partial charge in [0.2, 0.25) is 5.91 Å². The van der Waals surface area contributed by atoms with Gasteiger partial charge in [0, 0.05) is 6.54 Å². The average Bonchev–Trinajstić information content (AvgIpc) is 3.17. The van der Waals surface area contributed by atoms with Crippen LogP contribution in [0.4, 0.5) is 5.69 Å². The number of hydrogen-bond donors (Lipinski definition) is 1. The Bertz CT molecular complexity index is 1070. The minimum atomic E-state index is -0.321.